The summed E-state index contributed by atoms with van der Waals surface area (Å²) in [6.07, 6.45) is 3.33. The van der Waals surface area contributed by atoms with Gasteiger partial charge in [0, 0.05) is 12.6 Å². The van der Waals surface area contributed by atoms with Gasteiger partial charge in [-0.1, -0.05) is 6.92 Å². The van der Waals surface area contributed by atoms with Crippen molar-refractivity contribution in [3.05, 3.63) is 0 Å². The zero-order chi connectivity index (χ0) is 6.69. The van der Waals surface area contributed by atoms with Gasteiger partial charge in [-0.2, -0.15) is 0 Å². The normalized spacial score (nSPS) is 22.0. The Kier molecular flexibility index (Phi) is 2.49. The van der Waals surface area contributed by atoms with Gasteiger partial charge in [0.25, 0.3) is 0 Å². The Balaban J connectivity index is 1.90. The van der Waals surface area contributed by atoms with Crippen molar-refractivity contribution in [3.8, 4) is 0 Å². The largest absolute Gasteiger partial charge is 0.392 e. The second-order valence-corrected chi connectivity index (χ2v) is 2.74. The van der Waals surface area contributed by atoms with Crippen molar-refractivity contribution in [3.63, 3.8) is 0 Å². The summed E-state index contributed by atoms with van der Waals surface area (Å²) in [5.74, 6) is 0. The Bertz CT molecular complexity index is 81.0. The van der Waals surface area contributed by atoms with Gasteiger partial charge in [-0.3, -0.25) is 0 Å². The minimum absolute atomic E-state index is 0.134. The highest BCUT2D eigenvalue weighted by molar-refractivity contribution is 4.81. The molecule has 1 saturated carbocycles. The predicted molar refractivity (Wildman–Crippen MR) is 37.3 cm³/mol. The molecule has 0 unspecified atom stereocenters. The smallest absolute Gasteiger partial charge is 0.0662 e. The maximum absolute atomic E-state index is 9.07. The highest BCUT2D eigenvalue weighted by Gasteiger charge is 2.20. The summed E-state index contributed by atoms with van der Waals surface area (Å²) in [6.45, 7) is 2.78. The van der Waals surface area contributed by atoms with Crippen LogP contribution in [0.4, 0.5) is 0 Å². The predicted octanol–water partition coefficient (Wildman–Crippen LogP) is 0.509. The maximum Gasteiger partial charge on any atom is 0.0662 e. The molecule has 2 nitrogen and oxygen atoms in total. The maximum atomic E-state index is 9.07. The molecule has 2 N–H and O–H groups in total. The number of hydrogen-bond acceptors (Lipinski definition) is 2. The fourth-order valence-corrected chi connectivity index (χ4v) is 0.734. The number of hydrogen-bond donors (Lipinski definition) is 2. The summed E-state index contributed by atoms with van der Waals surface area (Å²) in [5, 5.41) is 12.3. The van der Waals surface area contributed by atoms with Crippen molar-refractivity contribution in [1.29, 1.82) is 0 Å². The molecule has 0 aromatic heterocycles. The molecule has 1 rings (SSSR count). The Labute approximate surface area is 56.3 Å². The molecule has 1 atom stereocenters. The van der Waals surface area contributed by atoms with E-state index in [0.29, 0.717) is 0 Å². The quantitative estimate of drug-likeness (QED) is 0.579. The van der Waals surface area contributed by atoms with Crippen molar-refractivity contribution in [2.24, 2.45) is 0 Å². The molecular weight excluding hydrogens is 114 g/mol. The second kappa shape index (κ2) is 3.18. The number of aliphatic hydroxyl groups is 1. The van der Waals surface area contributed by atoms with Gasteiger partial charge in [0.1, 0.15) is 0 Å². The summed E-state index contributed by atoms with van der Waals surface area (Å²) in [5.41, 5.74) is 0. The Hall–Kier alpha value is -0.0800. The molecule has 0 radical (unpaired) electrons. The lowest BCUT2D eigenvalue weighted by Gasteiger charge is -2.06. The summed E-state index contributed by atoms with van der Waals surface area (Å²) >= 11 is 0. The fraction of sp³-hybridized carbons (Fsp3) is 1.00. The highest BCUT2D eigenvalue weighted by Crippen LogP contribution is 2.18. The third-order valence-corrected chi connectivity index (χ3v) is 1.69. The average molecular weight is 129 g/mol. The highest BCUT2D eigenvalue weighted by atomic mass is 16.3. The van der Waals surface area contributed by atoms with Gasteiger partial charge >= 0.3 is 0 Å². The van der Waals surface area contributed by atoms with Gasteiger partial charge in [-0.25, -0.2) is 0 Å². The van der Waals surface area contributed by atoms with E-state index in [1.165, 1.54) is 12.8 Å². The first-order valence-corrected chi connectivity index (χ1v) is 3.74. The van der Waals surface area contributed by atoms with Crippen LogP contribution in [-0.2, 0) is 0 Å². The topological polar surface area (TPSA) is 32.3 Å². The molecule has 1 aliphatic rings. The third-order valence-electron chi connectivity index (χ3n) is 1.69. The first kappa shape index (κ1) is 7.03. The summed E-state index contributed by atoms with van der Waals surface area (Å²) in [4.78, 5) is 0. The van der Waals surface area contributed by atoms with Crippen LogP contribution in [0.1, 0.15) is 26.2 Å². The van der Waals surface area contributed by atoms with Gasteiger partial charge in [0.15, 0.2) is 0 Å². The van der Waals surface area contributed by atoms with E-state index in [1.807, 2.05) is 6.92 Å². The standard InChI is InChI=1S/C7H15NO/c1-2-7(9)5-8-6-3-4-6/h6-9H,2-5H2,1H3/t7-/m0/s1. The van der Waals surface area contributed by atoms with Crippen LogP contribution in [0.15, 0.2) is 0 Å². The summed E-state index contributed by atoms with van der Waals surface area (Å²) in [7, 11) is 0. The van der Waals surface area contributed by atoms with Crippen molar-refractivity contribution in [1.82, 2.24) is 5.32 Å². The molecular formula is C7H15NO. The third kappa shape index (κ3) is 2.82. The molecule has 0 saturated heterocycles. The van der Waals surface area contributed by atoms with Gasteiger partial charge in [0.2, 0.25) is 0 Å². The monoisotopic (exact) mass is 129 g/mol. The van der Waals surface area contributed by atoms with E-state index in [4.69, 9.17) is 5.11 Å². The lowest BCUT2D eigenvalue weighted by atomic mass is 10.3. The van der Waals surface area contributed by atoms with Crippen LogP contribution >= 0.6 is 0 Å². The zero-order valence-electron chi connectivity index (χ0n) is 5.93. The first-order chi connectivity index (χ1) is 4.33. The molecule has 0 heterocycles. The van der Waals surface area contributed by atoms with Crippen LogP contribution in [0.25, 0.3) is 0 Å². The van der Waals surface area contributed by atoms with Crippen LogP contribution < -0.4 is 5.32 Å². The Morgan fingerprint density at radius 3 is 2.78 bits per heavy atom. The molecule has 9 heavy (non-hydrogen) atoms. The second-order valence-electron chi connectivity index (χ2n) is 2.74. The van der Waals surface area contributed by atoms with Crippen molar-refractivity contribution in [2.45, 2.75) is 38.3 Å². The van der Waals surface area contributed by atoms with Gasteiger partial charge in [-0.15, -0.1) is 0 Å². The van der Waals surface area contributed by atoms with Gasteiger partial charge in [0.05, 0.1) is 6.10 Å². The number of aliphatic hydroxyl groups excluding tert-OH is 1. The average Bonchev–Trinajstić information content (AvgIpc) is 2.65. The van der Waals surface area contributed by atoms with Gasteiger partial charge < -0.3 is 10.4 Å². The number of nitrogens with one attached hydrogen (secondary N) is 1. The van der Waals surface area contributed by atoms with Crippen LogP contribution in [0.5, 0.6) is 0 Å². The summed E-state index contributed by atoms with van der Waals surface area (Å²) in [6, 6.07) is 0.728. The molecule has 0 amide bonds. The van der Waals surface area contributed by atoms with E-state index < -0.39 is 0 Å². The fourth-order valence-electron chi connectivity index (χ4n) is 0.734. The first-order valence-electron chi connectivity index (χ1n) is 3.74. The minimum atomic E-state index is -0.134. The van der Waals surface area contributed by atoms with Crippen molar-refractivity contribution in [2.75, 3.05) is 6.54 Å². The van der Waals surface area contributed by atoms with Crippen LogP contribution in [0, 0.1) is 0 Å². The van der Waals surface area contributed by atoms with Gasteiger partial charge in [-0.05, 0) is 19.3 Å². The molecule has 1 fully saturated rings. The van der Waals surface area contributed by atoms with E-state index in [9.17, 15) is 0 Å². The molecule has 2 heteroatoms. The Morgan fingerprint density at radius 1 is 1.67 bits per heavy atom. The Morgan fingerprint density at radius 2 is 2.33 bits per heavy atom. The minimum Gasteiger partial charge on any atom is -0.392 e. The molecule has 0 aliphatic heterocycles. The van der Waals surface area contributed by atoms with Crippen molar-refractivity contribution < 1.29 is 5.11 Å². The van der Waals surface area contributed by atoms with Crippen LogP contribution in [0.2, 0.25) is 0 Å². The molecule has 54 valence electrons. The SMILES string of the molecule is CC[C@H](O)CNC1CC1. The lowest BCUT2D eigenvalue weighted by Crippen LogP contribution is -2.27. The molecule has 0 bridgehead atoms. The molecule has 0 spiro atoms. The van der Waals surface area contributed by atoms with E-state index in [1.54, 1.807) is 0 Å². The van der Waals surface area contributed by atoms with Crippen LogP contribution in [0.3, 0.4) is 0 Å². The number of rotatable bonds is 4. The van der Waals surface area contributed by atoms with E-state index in [2.05, 4.69) is 5.32 Å². The zero-order valence-corrected chi connectivity index (χ0v) is 5.93. The van der Waals surface area contributed by atoms with E-state index in [0.717, 1.165) is 19.0 Å². The van der Waals surface area contributed by atoms with E-state index >= 15 is 0 Å². The van der Waals surface area contributed by atoms with Crippen LogP contribution in [-0.4, -0.2) is 23.8 Å². The van der Waals surface area contributed by atoms with E-state index in [-0.39, 0.29) is 6.10 Å². The summed E-state index contributed by atoms with van der Waals surface area (Å²) < 4.78 is 0. The lowest BCUT2D eigenvalue weighted by molar-refractivity contribution is 0.167. The molecule has 1 aliphatic carbocycles. The molecule has 0 aromatic rings. The molecule has 0 aromatic carbocycles. The van der Waals surface area contributed by atoms with Crippen molar-refractivity contribution >= 4 is 0 Å².